The van der Waals surface area contributed by atoms with Crippen molar-refractivity contribution in [1.82, 2.24) is 9.80 Å². The number of benzene rings is 1. The van der Waals surface area contributed by atoms with Crippen molar-refractivity contribution in [1.29, 1.82) is 0 Å². The minimum absolute atomic E-state index is 0.0116. The Labute approximate surface area is 131 Å². The fourth-order valence-electron chi connectivity index (χ4n) is 2.18. The van der Waals surface area contributed by atoms with Gasteiger partial charge in [0.25, 0.3) is 0 Å². The first-order valence-corrected chi connectivity index (χ1v) is 7.33. The SMILES string of the molecule is C=C(C)CN(CC)C(=O)CN(C)C(C)c1ccc(F)c(F)c1. The molecule has 3 nitrogen and oxygen atoms in total. The summed E-state index contributed by atoms with van der Waals surface area (Å²) in [5.74, 6) is -1.75. The topological polar surface area (TPSA) is 23.6 Å². The van der Waals surface area contributed by atoms with Gasteiger partial charge < -0.3 is 4.90 Å². The molecule has 0 saturated carbocycles. The Kier molecular flexibility index (Phi) is 6.68. The van der Waals surface area contributed by atoms with Gasteiger partial charge in [-0.3, -0.25) is 9.69 Å². The van der Waals surface area contributed by atoms with Crippen LogP contribution in [0.25, 0.3) is 0 Å². The highest BCUT2D eigenvalue weighted by Gasteiger charge is 2.19. The van der Waals surface area contributed by atoms with Gasteiger partial charge in [0.15, 0.2) is 11.6 Å². The third-order valence-electron chi connectivity index (χ3n) is 3.67. The number of nitrogens with zero attached hydrogens (tertiary/aromatic N) is 2. The predicted molar refractivity (Wildman–Crippen MR) is 84.5 cm³/mol. The lowest BCUT2D eigenvalue weighted by atomic mass is 10.1. The summed E-state index contributed by atoms with van der Waals surface area (Å²) in [6.45, 7) is 10.8. The minimum atomic E-state index is -0.874. The van der Waals surface area contributed by atoms with E-state index in [0.717, 1.165) is 11.6 Å². The Morgan fingerprint density at radius 2 is 1.91 bits per heavy atom. The van der Waals surface area contributed by atoms with Gasteiger partial charge >= 0.3 is 0 Å². The van der Waals surface area contributed by atoms with Crippen LogP contribution < -0.4 is 0 Å². The number of carbonyl (C=O) groups excluding carboxylic acids is 1. The van der Waals surface area contributed by atoms with Gasteiger partial charge in [0.2, 0.25) is 5.91 Å². The molecule has 1 rings (SSSR count). The lowest BCUT2D eigenvalue weighted by Crippen LogP contribution is -2.40. The molecule has 22 heavy (non-hydrogen) atoms. The van der Waals surface area contributed by atoms with Crippen molar-refractivity contribution < 1.29 is 13.6 Å². The number of amides is 1. The molecule has 1 unspecified atom stereocenters. The first-order valence-electron chi connectivity index (χ1n) is 7.33. The molecule has 1 amide bonds. The van der Waals surface area contributed by atoms with Crippen LogP contribution in [0.4, 0.5) is 8.78 Å². The number of rotatable bonds is 7. The number of carbonyl (C=O) groups is 1. The van der Waals surface area contributed by atoms with Crippen molar-refractivity contribution in [2.45, 2.75) is 26.8 Å². The Morgan fingerprint density at radius 3 is 2.41 bits per heavy atom. The van der Waals surface area contributed by atoms with Crippen molar-refractivity contribution in [3.8, 4) is 0 Å². The monoisotopic (exact) mass is 310 g/mol. The van der Waals surface area contributed by atoms with Crippen LogP contribution in [-0.4, -0.2) is 42.4 Å². The van der Waals surface area contributed by atoms with E-state index in [2.05, 4.69) is 6.58 Å². The molecule has 122 valence electrons. The maximum atomic E-state index is 13.3. The number of hydrogen-bond acceptors (Lipinski definition) is 2. The van der Waals surface area contributed by atoms with E-state index in [1.807, 2.05) is 25.7 Å². The second-order valence-electron chi connectivity index (χ2n) is 5.63. The van der Waals surface area contributed by atoms with Crippen molar-refractivity contribution in [3.05, 3.63) is 47.5 Å². The molecular weight excluding hydrogens is 286 g/mol. The lowest BCUT2D eigenvalue weighted by molar-refractivity contribution is -0.132. The quantitative estimate of drug-likeness (QED) is 0.721. The van der Waals surface area contributed by atoms with Crippen LogP contribution in [-0.2, 0) is 4.79 Å². The number of halogens is 2. The van der Waals surface area contributed by atoms with Crippen LogP contribution in [0.2, 0.25) is 0 Å². The third-order valence-corrected chi connectivity index (χ3v) is 3.67. The molecule has 0 saturated heterocycles. The highest BCUT2D eigenvalue weighted by Crippen LogP contribution is 2.20. The Hall–Kier alpha value is -1.75. The van der Waals surface area contributed by atoms with E-state index in [-0.39, 0.29) is 18.5 Å². The molecule has 5 heteroatoms. The van der Waals surface area contributed by atoms with E-state index in [0.29, 0.717) is 18.7 Å². The zero-order chi connectivity index (χ0) is 16.9. The molecule has 0 heterocycles. The Morgan fingerprint density at radius 1 is 1.27 bits per heavy atom. The Balaban J connectivity index is 2.73. The van der Waals surface area contributed by atoms with E-state index in [9.17, 15) is 13.6 Å². The normalized spacial score (nSPS) is 12.3. The summed E-state index contributed by atoms with van der Waals surface area (Å²) in [5.41, 5.74) is 1.56. The molecule has 0 bridgehead atoms. The van der Waals surface area contributed by atoms with Crippen LogP contribution >= 0.6 is 0 Å². The van der Waals surface area contributed by atoms with E-state index >= 15 is 0 Å². The summed E-state index contributed by atoms with van der Waals surface area (Å²) in [6.07, 6.45) is 0. The number of hydrogen-bond donors (Lipinski definition) is 0. The molecule has 0 aliphatic heterocycles. The average molecular weight is 310 g/mol. The zero-order valence-electron chi connectivity index (χ0n) is 13.7. The van der Waals surface area contributed by atoms with Crippen molar-refractivity contribution in [2.75, 3.05) is 26.7 Å². The van der Waals surface area contributed by atoms with Gasteiger partial charge in [-0.15, -0.1) is 0 Å². The first kappa shape index (κ1) is 18.3. The van der Waals surface area contributed by atoms with Crippen molar-refractivity contribution in [3.63, 3.8) is 0 Å². The second-order valence-corrected chi connectivity index (χ2v) is 5.63. The smallest absolute Gasteiger partial charge is 0.237 e. The van der Waals surface area contributed by atoms with Crippen LogP contribution in [0.3, 0.4) is 0 Å². The average Bonchev–Trinajstić information content (AvgIpc) is 2.46. The summed E-state index contributed by atoms with van der Waals surface area (Å²) < 4.78 is 26.3. The van der Waals surface area contributed by atoms with Gasteiger partial charge in [-0.2, -0.15) is 0 Å². The molecular formula is C17H24F2N2O. The second kappa shape index (κ2) is 8.03. The molecule has 0 spiro atoms. The number of likely N-dealkylation sites (N-methyl/N-ethyl adjacent to an activating group) is 2. The molecule has 1 aromatic carbocycles. The van der Waals surface area contributed by atoms with Gasteiger partial charge in [-0.05, 0) is 45.5 Å². The predicted octanol–water partition coefficient (Wildman–Crippen LogP) is 3.38. The van der Waals surface area contributed by atoms with Gasteiger partial charge in [-0.1, -0.05) is 18.2 Å². The van der Waals surface area contributed by atoms with Crippen LogP contribution in [0.15, 0.2) is 30.4 Å². The van der Waals surface area contributed by atoms with E-state index in [1.54, 1.807) is 11.9 Å². The first-order chi connectivity index (χ1) is 10.3. The highest BCUT2D eigenvalue weighted by molar-refractivity contribution is 5.78. The lowest BCUT2D eigenvalue weighted by Gasteiger charge is -2.28. The van der Waals surface area contributed by atoms with Crippen molar-refractivity contribution in [2.24, 2.45) is 0 Å². The summed E-state index contributed by atoms with van der Waals surface area (Å²) in [4.78, 5) is 15.8. The molecule has 0 radical (unpaired) electrons. The molecule has 0 aliphatic carbocycles. The summed E-state index contributed by atoms with van der Waals surface area (Å²) in [6, 6.07) is 3.63. The molecule has 1 atom stereocenters. The van der Waals surface area contributed by atoms with E-state index in [4.69, 9.17) is 0 Å². The molecule has 0 N–H and O–H groups in total. The van der Waals surface area contributed by atoms with Gasteiger partial charge in [0, 0.05) is 19.1 Å². The van der Waals surface area contributed by atoms with Gasteiger partial charge in [-0.25, -0.2) is 8.78 Å². The molecule has 0 aliphatic rings. The van der Waals surface area contributed by atoms with Gasteiger partial charge in [0.05, 0.1) is 6.54 Å². The molecule has 0 fully saturated rings. The largest absolute Gasteiger partial charge is 0.338 e. The fraction of sp³-hybridized carbons (Fsp3) is 0.471. The highest BCUT2D eigenvalue weighted by atomic mass is 19.2. The maximum Gasteiger partial charge on any atom is 0.237 e. The van der Waals surface area contributed by atoms with E-state index < -0.39 is 11.6 Å². The van der Waals surface area contributed by atoms with Crippen LogP contribution in [0, 0.1) is 11.6 Å². The maximum absolute atomic E-state index is 13.3. The third kappa shape index (κ3) is 4.91. The molecule has 1 aromatic rings. The summed E-state index contributed by atoms with van der Waals surface area (Å²) in [7, 11) is 1.79. The minimum Gasteiger partial charge on any atom is -0.338 e. The van der Waals surface area contributed by atoms with E-state index in [1.165, 1.54) is 12.1 Å². The van der Waals surface area contributed by atoms with Gasteiger partial charge in [0.1, 0.15) is 0 Å². The van der Waals surface area contributed by atoms with Crippen LogP contribution in [0.1, 0.15) is 32.4 Å². The summed E-state index contributed by atoms with van der Waals surface area (Å²) >= 11 is 0. The fourth-order valence-corrected chi connectivity index (χ4v) is 2.18. The van der Waals surface area contributed by atoms with Crippen molar-refractivity contribution >= 4 is 5.91 Å². The Bertz CT molecular complexity index is 545. The van der Waals surface area contributed by atoms with Crippen LogP contribution in [0.5, 0.6) is 0 Å². The standard InChI is InChI=1S/C17H24F2N2O/c1-6-21(10-12(2)3)17(22)11-20(5)13(4)14-7-8-15(18)16(19)9-14/h7-9,13H,2,6,10-11H2,1,3-5H3. The molecule has 0 aromatic heterocycles. The zero-order valence-corrected chi connectivity index (χ0v) is 13.7. The summed E-state index contributed by atoms with van der Waals surface area (Å²) in [5, 5.41) is 0.